The third-order valence-electron chi connectivity index (χ3n) is 2.45. The summed E-state index contributed by atoms with van der Waals surface area (Å²) in [6.07, 6.45) is 0. The fraction of sp³-hybridized carbons (Fsp3) is 0.0667. The number of hydrogen-bond donors (Lipinski definition) is 2. The van der Waals surface area contributed by atoms with Crippen molar-refractivity contribution in [2.75, 3.05) is 18.1 Å². The largest absolute Gasteiger partial charge is 0.397 e. The zero-order valence-electron chi connectivity index (χ0n) is 9.70. The number of hydrogen-bond acceptors (Lipinski definition) is 2. The van der Waals surface area contributed by atoms with Crippen molar-refractivity contribution in [2.45, 2.75) is 0 Å². The van der Waals surface area contributed by atoms with E-state index in [1.165, 1.54) is 0 Å². The maximum atomic E-state index is 5.80. The molecule has 0 saturated heterocycles. The zero-order chi connectivity index (χ0) is 12.1. The van der Waals surface area contributed by atoms with Crippen molar-refractivity contribution < 1.29 is 0 Å². The molecule has 0 aliphatic carbocycles. The molecule has 0 aromatic heterocycles. The Morgan fingerprint density at radius 1 is 0.941 bits per heavy atom. The summed E-state index contributed by atoms with van der Waals surface area (Å²) in [6, 6.07) is 15.6. The number of benzene rings is 2. The summed E-state index contributed by atoms with van der Waals surface area (Å²) in [5.41, 5.74) is 9.40. The molecule has 0 amide bonds. The van der Waals surface area contributed by atoms with Crippen molar-refractivity contribution in [1.82, 2.24) is 0 Å². The number of rotatable bonds is 1. The van der Waals surface area contributed by atoms with Gasteiger partial charge in [0.15, 0.2) is 0 Å². The van der Waals surface area contributed by atoms with Crippen LogP contribution in [0.5, 0.6) is 0 Å². The highest BCUT2D eigenvalue weighted by Gasteiger charge is 1.96. The van der Waals surface area contributed by atoms with E-state index in [1.54, 1.807) is 0 Å². The molecule has 2 rings (SSSR count). The molecule has 0 aliphatic rings. The predicted octanol–water partition coefficient (Wildman–Crippen LogP) is 2.71. The van der Waals surface area contributed by atoms with Crippen molar-refractivity contribution >= 4 is 11.4 Å². The molecular weight excluding hydrogens is 208 g/mol. The Kier molecular flexibility index (Phi) is 3.32. The van der Waals surface area contributed by atoms with E-state index in [9.17, 15) is 0 Å². The number of nitrogen functional groups attached to an aromatic ring is 1. The van der Waals surface area contributed by atoms with Crippen molar-refractivity contribution in [3.8, 4) is 11.8 Å². The summed E-state index contributed by atoms with van der Waals surface area (Å²) in [7, 11) is 1.85. The first kappa shape index (κ1) is 11.1. The van der Waals surface area contributed by atoms with Crippen molar-refractivity contribution in [3.63, 3.8) is 0 Å². The van der Waals surface area contributed by atoms with E-state index in [2.05, 4.69) is 17.2 Å². The first-order chi connectivity index (χ1) is 8.29. The average molecular weight is 222 g/mol. The van der Waals surface area contributed by atoms with Gasteiger partial charge in [0.25, 0.3) is 0 Å². The molecule has 0 fully saturated rings. The molecule has 2 nitrogen and oxygen atoms in total. The summed E-state index contributed by atoms with van der Waals surface area (Å²) >= 11 is 0. The molecule has 0 unspecified atom stereocenters. The minimum Gasteiger partial charge on any atom is -0.397 e. The lowest BCUT2D eigenvalue weighted by Gasteiger charge is -2.04. The Bertz CT molecular complexity index is 562. The Hall–Kier alpha value is -2.40. The predicted molar refractivity (Wildman–Crippen MR) is 72.8 cm³/mol. The topological polar surface area (TPSA) is 38.0 Å². The van der Waals surface area contributed by atoms with E-state index in [0.717, 1.165) is 22.5 Å². The van der Waals surface area contributed by atoms with Crippen LogP contribution in [0.1, 0.15) is 11.1 Å². The normalized spacial score (nSPS) is 9.24. The van der Waals surface area contributed by atoms with Crippen molar-refractivity contribution in [1.29, 1.82) is 0 Å². The molecule has 0 aliphatic heterocycles. The molecule has 2 aromatic carbocycles. The van der Waals surface area contributed by atoms with Crippen LogP contribution >= 0.6 is 0 Å². The van der Waals surface area contributed by atoms with Gasteiger partial charge in [-0.2, -0.15) is 0 Å². The molecule has 84 valence electrons. The van der Waals surface area contributed by atoms with Crippen molar-refractivity contribution in [3.05, 3.63) is 59.7 Å². The molecule has 0 radical (unpaired) electrons. The Morgan fingerprint density at radius 3 is 2.35 bits per heavy atom. The van der Waals surface area contributed by atoms with Gasteiger partial charge in [0.05, 0.1) is 11.4 Å². The minimum absolute atomic E-state index is 0.734. The second-order valence-electron chi connectivity index (χ2n) is 3.67. The smallest absolute Gasteiger partial charge is 0.0583 e. The monoisotopic (exact) mass is 222 g/mol. The van der Waals surface area contributed by atoms with Gasteiger partial charge in [0.2, 0.25) is 0 Å². The van der Waals surface area contributed by atoms with Crippen LogP contribution in [0, 0.1) is 11.8 Å². The molecular formula is C15H14N2. The molecule has 17 heavy (non-hydrogen) atoms. The Labute approximate surface area is 101 Å². The van der Waals surface area contributed by atoms with Crippen LogP contribution in [-0.4, -0.2) is 7.05 Å². The maximum absolute atomic E-state index is 5.80. The summed E-state index contributed by atoms with van der Waals surface area (Å²) in [5, 5.41) is 3.04. The zero-order valence-corrected chi connectivity index (χ0v) is 9.70. The standard InChI is InChI=1S/C15H14N2/c1-17-15-11-13(9-10-14(15)16)8-7-12-5-3-2-4-6-12/h2-6,9-11,17H,16H2,1H3. The van der Waals surface area contributed by atoms with Gasteiger partial charge in [-0.3, -0.25) is 0 Å². The van der Waals surface area contributed by atoms with Gasteiger partial charge in [0, 0.05) is 18.2 Å². The highest BCUT2D eigenvalue weighted by molar-refractivity contribution is 5.68. The lowest BCUT2D eigenvalue weighted by atomic mass is 10.1. The number of anilines is 2. The minimum atomic E-state index is 0.734. The van der Waals surface area contributed by atoms with Gasteiger partial charge in [0.1, 0.15) is 0 Å². The summed E-state index contributed by atoms with van der Waals surface area (Å²) in [4.78, 5) is 0. The second-order valence-corrected chi connectivity index (χ2v) is 3.67. The van der Waals surface area contributed by atoms with Crippen molar-refractivity contribution in [2.24, 2.45) is 0 Å². The van der Waals surface area contributed by atoms with Crippen LogP contribution in [0.2, 0.25) is 0 Å². The van der Waals surface area contributed by atoms with E-state index in [0.29, 0.717) is 0 Å². The lowest BCUT2D eigenvalue weighted by Crippen LogP contribution is -1.95. The molecule has 0 heterocycles. The van der Waals surface area contributed by atoms with E-state index < -0.39 is 0 Å². The Balaban J connectivity index is 2.28. The summed E-state index contributed by atoms with van der Waals surface area (Å²) in [6.45, 7) is 0. The van der Waals surface area contributed by atoms with Gasteiger partial charge in [-0.1, -0.05) is 30.0 Å². The molecule has 0 saturated carbocycles. The molecule has 2 aromatic rings. The molecule has 2 heteroatoms. The van der Waals surface area contributed by atoms with Gasteiger partial charge in [-0.15, -0.1) is 0 Å². The molecule has 0 atom stereocenters. The fourth-order valence-corrected chi connectivity index (χ4v) is 1.52. The summed E-state index contributed by atoms with van der Waals surface area (Å²) < 4.78 is 0. The van der Waals surface area contributed by atoms with E-state index in [-0.39, 0.29) is 0 Å². The van der Waals surface area contributed by atoms with Crippen LogP contribution < -0.4 is 11.1 Å². The van der Waals surface area contributed by atoms with E-state index >= 15 is 0 Å². The fourth-order valence-electron chi connectivity index (χ4n) is 1.52. The van der Waals surface area contributed by atoms with Crippen LogP contribution in [0.3, 0.4) is 0 Å². The van der Waals surface area contributed by atoms with E-state index in [1.807, 2.05) is 55.6 Å². The number of nitrogens with two attached hydrogens (primary N) is 1. The Morgan fingerprint density at radius 2 is 1.65 bits per heavy atom. The van der Waals surface area contributed by atoms with Crippen LogP contribution in [0.15, 0.2) is 48.5 Å². The number of nitrogens with one attached hydrogen (secondary N) is 1. The summed E-state index contributed by atoms with van der Waals surface area (Å²) in [5.74, 6) is 6.23. The first-order valence-corrected chi connectivity index (χ1v) is 5.44. The lowest BCUT2D eigenvalue weighted by molar-refractivity contribution is 1.50. The second kappa shape index (κ2) is 5.09. The van der Waals surface area contributed by atoms with Gasteiger partial charge in [-0.25, -0.2) is 0 Å². The van der Waals surface area contributed by atoms with Gasteiger partial charge in [-0.05, 0) is 30.3 Å². The third-order valence-corrected chi connectivity index (χ3v) is 2.45. The quantitative estimate of drug-likeness (QED) is 0.575. The third kappa shape index (κ3) is 2.79. The maximum Gasteiger partial charge on any atom is 0.0583 e. The molecule has 3 N–H and O–H groups in total. The average Bonchev–Trinajstić information content (AvgIpc) is 2.39. The van der Waals surface area contributed by atoms with Gasteiger partial charge < -0.3 is 11.1 Å². The SMILES string of the molecule is CNc1cc(C#Cc2ccccc2)ccc1N. The van der Waals surface area contributed by atoms with Gasteiger partial charge >= 0.3 is 0 Å². The van der Waals surface area contributed by atoms with E-state index in [4.69, 9.17) is 5.73 Å². The van der Waals surface area contributed by atoms with Crippen LogP contribution in [0.4, 0.5) is 11.4 Å². The molecule has 0 bridgehead atoms. The van der Waals surface area contributed by atoms with Crippen LogP contribution in [0.25, 0.3) is 0 Å². The highest BCUT2D eigenvalue weighted by atomic mass is 14.8. The van der Waals surface area contributed by atoms with Crippen LogP contribution in [-0.2, 0) is 0 Å². The molecule has 0 spiro atoms. The highest BCUT2D eigenvalue weighted by Crippen LogP contribution is 2.18. The first-order valence-electron chi connectivity index (χ1n) is 5.44.